The predicted molar refractivity (Wildman–Crippen MR) is 63.0 cm³/mol. The molecule has 8 heteroatoms. The molecule has 2 rings (SSSR count). The SMILES string of the molecule is CC1(C)CC1NC(=O)N1CCC(C(=O)O)(C(F)(F)F)C1. The number of carboxylic acids is 1. The Hall–Kier alpha value is -1.47. The lowest BCUT2D eigenvalue weighted by Crippen LogP contribution is -2.49. The largest absolute Gasteiger partial charge is 0.481 e. The second-order valence-corrected chi connectivity index (χ2v) is 6.25. The van der Waals surface area contributed by atoms with Crippen LogP contribution in [0.25, 0.3) is 0 Å². The van der Waals surface area contributed by atoms with E-state index in [1.165, 1.54) is 0 Å². The number of carbonyl (C=O) groups excluding carboxylic acids is 1. The summed E-state index contributed by atoms with van der Waals surface area (Å²) in [6.45, 7) is 2.86. The lowest BCUT2D eigenvalue weighted by atomic mass is 9.86. The number of alkyl halides is 3. The van der Waals surface area contributed by atoms with Crippen LogP contribution in [-0.2, 0) is 4.79 Å². The van der Waals surface area contributed by atoms with Gasteiger partial charge in [-0.3, -0.25) is 4.79 Å². The molecular weight excluding hydrogens is 277 g/mol. The van der Waals surface area contributed by atoms with Crippen LogP contribution in [-0.4, -0.2) is 47.3 Å². The molecule has 5 nitrogen and oxygen atoms in total. The van der Waals surface area contributed by atoms with Gasteiger partial charge in [0.15, 0.2) is 5.41 Å². The minimum Gasteiger partial charge on any atom is -0.481 e. The number of hydrogen-bond acceptors (Lipinski definition) is 2. The van der Waals surface area contributed by atoms with E-state index in [0.29, 0.717) is 0 Å². The summed E-state index contributed by atoms with van der Waals surface area (Å²) in [4.78, 5) is 23.8. The Bertz CT molecular complexity index is 450. The van der Waals surface area contributed by atoms with Gasteiger partial charge in [-0.05, 0) is 18.3 Å². The highest BCUT2D eigenvalue weighted by molar-refractivity contribution is 5.80. The van der Waals surface area contributed by atoms with Gasteiger partial charge < -0.3 is 15.3 Å². The maximum atomic E-state index is 13.0. The van der Waals surface area contributed by atoms with Gasteiger partial charge in [0.1, 0.15) is 0 Å². The highest BCUT2D eigenvalue weighted by Crippen LogP contribution is 2.47. The van der Waals surface area contributed by atoms with Crippen molar-refractivity contribution in [3.63, 3.8) is 0 Å². The van der Waals surface area contributed by atoms with Crippen LogP contribution in [0.3, 0.4) is 0 Å². The van der Waals surface area contributed by atoms with Crippen molar-refractivity contribution in [1.29, 1.82) is 0 Å². The zero-order valence-electron chi connectivity index (χ0n) is 11.3. The number of urea groups is 1. The van der Waals surface area contributed by atoms with Gasteiger partial charge in [0.2, 0.25) is 0 Å². The zero-order chi connectivity index (χ0) is 15.3. The summed E-state index contributed by atoms with van der Waals surface area (Å²) >= 11 is 0. The van der Waals surface area contributed by atoms with E-state index in [9.17, 15) is 22.8 Å². The Labute approximate surface area is 114 Å². The maximum Gasteiger partial charge on any atom is 0.406 e. The summed E-state index contributed by atoms with van der Waals surface area (Å²) in [5, 5.41) is 11.5. The quantitative estimate of drug-likeness (QED) is 0.816. The van der Waals surface area contributed by atoms with Gasteiger partial charge in [-0.15, -0.1) is 0 Å². The standard InChI is InChI=1S/C12H17F3N2O3/c1-10(2)5-7(10)16-9(20)17-4-3-11(6-17,8(18)19)12(13,14)15/h7H,3-6H2,1-2H3,(H,16,20)(H,18,19). The Morgan fingerprint density at radius 3 is 2.25 bits per heavy atom. The van der Waals surface area contributed by atoms with Gasteiger partial charge >= 0.3 is 18.2 Å². The van der Waals surface area contributed by atoms with Crippen LogP contribution in [0.2, 0.25) is 0 Å². The molecule has 0 aromatic rings. The van der Waals surface area contributed by atoms with Crippen molar-refractivity contribution in [3.8, 4) is 0 Å². The fourth-order valence-corrected chi connectivity index (χ4v) is 2.46. The van der Waals surface area contributed by atoms with Gasteiger partial charge in [0, 0.05) is 19.1 Å². The number of carbonyl (C=O) groups is 2. The molecule has 1 saturated heterocycles. The van der Waals surface area contributed by atoms with Crippen LogP contribution < -0.4 is 5.32 Å². The molecule has 2 N–H and O–H groups in total. The molecule has 1 aliphatic heterocycles. The Balaban J connectivity index is 2.04. The lowest BCUT2D eigenvalue weighted by molar-refractivity contribution is -0.226. The summed E-state index contributed by atoms with van der Waals surface area (Å²) in [5.41, 5.74) is -2.88. The van der Waals surface area contributed by atoms with Gasteiger partial charge in [-0.25, -0.2) is 4.79 Å². The van der Waals surface area contributed by atoms with Crippen molar-refractivity contribution in [2.75, 3.05) is 13.1 Å². The molecule has 2 unspecified atom stereocenters. The number of nitrogens with one attached hydrogen (secondary N) is 1. The maximum absolute atomic E-state index is 13.0. The first-order chi connectivity index (χ1) is 8.99. The molecule has 2 amide bonds. The van der Waals surface area contributed by atoms with Gasteiger partial charge in [0.25, 0.3) is 0 Å². The molecular formula is C12H17F3N2O3. The molecule has 2 fully saturated rings. The van der Waals surface area contributed by atoms with Gasteiger partial charge in [-0.2, -0.15) is 13.2 Å². The van der Waals surface area contributed by atoms with Gasteiger partial charge in [-0.1, -0.05) is 13.8 Å². The third kappa shape index (κ3) is 2.31. The normalized spacial score (nSPS) is 32.0. The smallest absolute Gasteiger partial charge is 0.406 e. The summed E-state index contributed by atoms with van der Waals surface area (Å²) in [7, 11) is 0. The monoisotopic (exact) mass is 294 g/mol. The Morgan fingerprint density at radius 1 is 1.35 bits per heavy atom. The highest BCUT2D eigenvalue weighted by Gasteiger charge is 2.64. The molecule has 114 valence electrons. The highest BCUT2D eigenvalue weighted by atomic mass is 19.4. The van der Waals surface area contributed by atoms with E-state index in [-0.39, 0.29) is 18.0 Å². The van der Waals surface area contributed by atoms with Crippen molar-refractivity contribution in [1.82, 2.24) is 10.2 Å². The van der Waals surface area contributed by atoms with E-state index in [4.69, 9.17) is 5.11 Å². The minimum atomic E-state index is -4.87. The van der Waals surface area contributed by atoms with Crippen LogP contribution in [0.15, 0.2) is 0 Å². The molecule has 1 saturated carbocycles. The van der Waals surface area contributed by atoms with Crippen molar-refractivity contribution in [2.24, 2.45) is 10.8 Å². The second kappa shape index (κ2) is 4.26. The molecule has 20 heavy (non-hydrogen) atoms. The topological polar surface area (TPSA) is 69.6 Å². The van der Waals surface area contributed by atoms with Crippen LogP contribution in [0.5, 0.6) is 0 Å². The lowest BCUT2D eigenvalue weighted by Gasteiger charge is -2.27. The molecule has 1 aliphatic carbocycles. The number of likely N-dealkylation sites (tertiary alicyclic amines) is 1. The van der Waals surface area contributed by atoms with Crippen LogP contribution in [0.1, 0.15) is 26.7 Å². The minimum absolute atomic E-state index is 0.0384. The van der Waals surface area contributed by atoms with E-state index < -0.39 is 36.6 Å². The molecule has 0 aromatic carbocycles. The molecule has 0 bridgehead atoms. The summed E-state index contributed by atoms with van der Waals surface area (Å²) in [5.74, 6) is -1.92. The molecule has 2 atom stereocenters. The average molecular weight is 294 g/mol. The van der Waals surface area contributed by atoms with Crippen molar-refractivity contribution < 1.29 is 27.9 Å². The molecule has 0 spiro atoms. The van der Waals surface area contributed by atoms with Crippen LogP contribution >= 0.6 is 0 Å². The summed E-state index contributed by atoms with van der Waals surface area (Å²) < 4.78 is 38.9. The first-order valence-corrected chi connectivity index (χ1v) is 6.35. The number of aliphatic carboxylic acids is 1. The zero-order valence-corrected chi connectivity index (χ0v) is 11.3. The van der Waals surface area contributed by atoms with Crippen LogP contribution in [0, 0.1) is 10.8 Å². The molecule has 0 radical (unpaired) electrons. The number of halogens is 3. The van der Waals surface area contributed by atoms with Gasteiger partial charge in [0.05, 0.1) is 0 Å². The predicted octanol–water partition coefficient (Wildman–Crippen LogP) is 1.83. The Kier molecular flexibility index (Phi) is 3.18. The molecule has 2 aliphatic rings. The van der Waals surface area contributed by atoms with Crippen molar-refractivity contribution >= 4 is 12.0 Å². The van der Waals surface area contributed by atoms with E-state index in [1.807, 2.05) is 13.8 Å². The number of carboxylic acid groups (broad SMARTS) is 1. The fourth-order valence-electron chi connectivity index (χ4n) is 2.46. The fraction of sp³-hybridized carbons (Fsp3) is 0.833. The summed E-state index contributed by atoms with van der Waals surface area (Å²) in [6.07, 6.45) is -4.70. The van der Waals surface area contributed by atoms with Crippen LogP contribution in [0.4, 0.5) is 18.0 Å². The van der Waals surface area contributed by atoms with Crippen molar-refractivity contribution in [3.05, 3.63) is 0 Å². The number of rotatable bonds is 2. The molecule has 0 aromatic heterocycles. The number of hydrogen-bond donors (Lipinski definition) is 2. The van der Waals surface area contributed by atoms with E-state index in [1.54, 1.807) is 0 Å². The number of nitrogens with zero attached hydrogens (tertiary/aromatic N) is 1. The number of amides is 2. The third-order valence-electron chi connectivity index (χ3n) is 4.32. The van der Waals surface area contributed by atoms with E-state index in [2.05, 4.69) is 5.32 Å². The first-order valence-electron chi connectivity index (χ1n) is 6.35. The Morgan fingerprint density at radius 2 is 1.90 bits per heavy atom. The second-order valence-electron chi connectivity index (χ2n) is 6.25. The molecule has 1 heterocycles. The van der Waals surface area contributed by atoms with E-state index in [0.717, 1.165) is 11.3 Å². The summed E-state index contributed by atoms with van der Waals surface area (Å²) in [6, 6.07) is -0.673. The average Bonchev–Trinajstić information content (AvgIpc) is 2.76. The van der Waals surface area contributed by atoms with E-state index >= 15 is 0 Å². The third-order valence-corrected chi connectivity index (χ3v) is 4.32. The first kappa shape index (κ1) is 14.9. The van der Waals surface area contributed by atoms with Crippen molar-refractivity contribution in [2.45, 2.75) is 38.9 Å².